The molecule has 0 saturated carbocycles. The van der Waals surface area contributed by atoms with Gasteiger partial charge in [0.1, 0.15) is 0 Å². The molecular weight excluding hydrogens is 288 g/mol. The number of fused-ring (bicyclic) bond motifs is 1. The van der Waals surface area contributed by atoms with Crippen LogP contribution in [0.15, 0.2) is 18.2 Å². The number of benzene rings is 1. The van der Waals surface area contributed by atoms with E-state index in [9.17, 15) is 5.11 Å². The van der Waals surface area contributed by atoms with Gasteiger partial charge in [0.05, 0.1) is 0 Å². The van der Waals surface area contributed by atoms with Crippen LogP contribution >= 0.6 is 12.2 Å². The van der Waals surface area contributed by atoms with Crippen LogP contribution < -0.4 is 14.8 Å². The van der Waals surface area contributed by atoms with Gasteiger partial charge in [0.2, 0.25) is 6.79 Å². The smallest absolute Gasteiger partial charge is 0.231 e. The average Bonchev–Trinajstić information content (AvgIpc) is 3.00. The van der Waals surface area contributed by atoms with E-state index in [1.807, 2.05) is 18.2 Å². The molecular formula is C15H20N2O3S. The molecule has 1 aromatic rings. The number of thiocarbonyl (C=S) groups is 1. The largest absolute Gasteiger partial charge is 0.454 e. The first-order chi connectivity index (χ1) is 10.3. The first-order valence-corrected chi connectivity index (χ1v) is 7.69. The predicted octanol–water partition coefficient (Wildman–Crippen LogP) is 1.49. The zero-order valence-electron chi connectivity index (χ0n) is 11.9. The molecule has 1 fully saturated rings. The highest BCUT2D eigenvalue weighted by molar-refractivity contribution is 7.80. The van der Waals surface area contributed by atoms with Crippen molar-refractivity contribution in [1.29, 1.82) is 0 Å². The van der Waals surface area contributed by atoms with Crippen LogP contribution in [0, 0.1) is 5.92 Å². The summed E-state index contributed by atoms with van der Waals surface area (Å²) in [4.78, 5) is 2.15. The topological polar surface area (TPSA) is 54.0 Å². The first-order valence-electron chi connectivity index (χ1n) is 7.28. The van der Waals surface area contributed by atoms with Gasteiger partial charge < -0.3 is 24.8 Å². The van der Waals surface area contributed by atoms with E-state index in [4.69, 9.17) is 21.7 Å². The molecule has 2 heterocycles. The van der Waals surface area contributed by atoms with E-state index < -0.39 is 0 Å². The summed E-state index contributed by atoms with van der Waals surface area (Å²) in [6, 6.07) is 5.91. The number of aliphatic hydroxyl groups is 1. The molecule has 1 saturated heterocycles. The quantitative estimate of drug-likeness (QED) is 0.825. The normalized spacial score (nSPS) is 20.4. The van der Waals surface area contributed by atoms with Crippen LogP contribution in [0.1, 0.15) is 18.4 Å². The lowest BCUT2D eigenvalue weighted by Gasteiger charge is -2.33. The fourth-order valence-corrected chi connectivity index (χ4v) is 2.98. The maximum absolute atomic E-state index is 9.27. The molecule has 0 aliphatic carbocycles. The van der Waals surface area contributed by atoms with Crippen molar-refractivity contribution in [3.63, 3.8) is 0 Å². The Balaban J connectivity index is 1.53. The minimum Gasteiger partial charge on any atom is -0.454 e. The minimum atomic E-state index is 0.237. The van der Waals surface area contributed by atoms with Gasteiger partial charge >= 0.3 is 0 Å². The highest BCUT2D eigenvalue weighted by Gasteiger charge is 2.21. The monoisotopic (exact) mass is 308 g/mol. The van der Waals surface area contributed by atoms with Gasteiger partial charge in [-0.2, -0.15) is 0 Å². The maximum Gasteiger partial charge on any atom is 0.231 e. The van der Waals surface area contributed by atoms with E-state index >= 15 is 0 Å². The van der Waals surface area contributed by atoms with Gasteiger partial charge in [0.25, 0.3) is 0 Å². The van der Waals surface area contributed by atoms with Crippen molar-refractivity contribution in [3.8, 4) is 11.5 Å². The second-order valence-corrected chi connectivity index (χ2v) is 5.87. The van der Waals surface area contributed by atoms with Gasteiger partial charge in [-0.3, -0.25) is 0 Å². The lowest BCUT2D eigenvalue weighted by Crippen LogP contribution is -2.45. The van der Waals surface area contributed by atoms with Crippen LogP contribution in [-0.4, -0.2) is 41.6 Å². The third kappa shape index (κ3) is 3.39. The van der Waals surface area contributed by atoms with Gasteiger partial charge in [-0.15, -0.1) is 0 Å². The Morgan fingerprint density at radius 2 is 2.24 bits per heavy atom. The van der Waals surface area contributed by atoms with Crippen molar-refractivity contribution >= 4 is 17.3 Å². The van der Waals surface area contributed by atoms with E-state index in [1.165, 1.54) is 0 Å². The highest BCUT2D eigenvalue weighted by Crippen LogP contribution is 2.32. The van der Waals surface area contributed by atoms with E-state index in [-0.39, 0.29) is 6.61 Å². The first kappa shape index (κ1) is 14.4. The minimum absolute atomic E-state index is 0.237. The third-order valence-corrected chi connectivity index (χ3v) is 4.35. The second kappa shape index (κ2) is 6.49. The number of hydrogen-bond acceptors (Lipinski definition) is 4. The molecule has 6 heteroatoms. The molecule has 21 heavy (non-hydrogen) atoms. The van der Waals surface area contributed by atoms with Crippen LogP contribution in [0.4, 0.5) is 0 Å². The van der Waals surface area contributed by atoms with Gasteiger partial charge in [0, 0.05) is 26.2 Å². The van der Waals surface area contributed by atoms with Gasteiger partial charge in [-0.05, 0) is 48.7 Å². The van der Waals surface area contributed by atoms with Gasteiger partial charge in [0.15, 0.2) is 16.6 Å². The second-order valence-electron chi connectivity index (χ2n) is 5.48. The molecule has 0 aromatic heterocycles. The number of aliphatic hydroxyl groups excluding tert-OH is 1. The number of likely N-dealkylation sites (tertiary alicyclic amines) is 1. The standard InChI is InChI=1S/C15H20N2O3S/c18-9-12-2-1-5-17(8-12)15(21)16-7-11-3-4-13-14(6-11)20-10-19-13/h3-4,6,12,18H,1-2,5,7-10H2,(H,16,21)/t12-/m1/s1. The summed E-state index contributed by atoms with van der Waals surface area (Å²) < 4.78 is 10.7. The van der Waals surface area contributed by atoms with Crippen molar-refractivity contribution in [2.24, 2.45) is 5.92 Å². The summed E-state index contributed by atoms with van der Waals surface area (Å²) in [5.41, 5.74) is 1.11. The van der Waals surface area contributed by atoms with E-state index in [1.54, 1.807) is 0 Å². The van der Waals surface area contributed by atoms with E-state index in [0.717, 1.165) is 48.1 Å². The molecule has 0 amide bonds. The highest BCUT2D eigenvalue weighted by atomic mass is 32.1. The molecule has 2 N–H and O–H groups in total. The molecule has 5 nitrogen and oxygen atoms in total. The zero-order chi connectivity index (χ0) is 14.7. The number of piperidine rings is 1. The van der Waals surface area contributed by atoms with Crippen LogP contribution in [0.5, 0.6) is 11.5 Å². The van der Waals surface area contributed by atoms with Gasteiger partial charge in [-0.25, -0.2) is 0 Å². The Morgan fingerprint density at radius 1 is 1.38 bits per heavy atom. The summed E-state index contributed by atoms with van der Waals surface area (Å²) >= 11 is 5.45. The lowest BCUT2D eigenvalue weighted by molar-refractivity contribution is 0.160. The molecule has 1 atom stereocenters. The fraction of sp³-hybridized carbons (Fsp3) is 0.533. The van der Waals surface area contributed by atoms with Crippen LogP contribution in [0.25, 0.3) is 0 Å². The Bertz CT molecular complexity index is 524. The SMILES string of the molecule is OC[C@@H]1CCCN(C(=S)NCc2ccc3c(c2)OCO3)C1. The van der Waals surface area contributed by atoms with E-state index in [2.05, 4.69) is 10.2 Å². The Hall–Kier alpha value is -1.53. The number of nitrogens with one attached hydrogen (secondary N) is 1. The third-order valence-electron chi connectivity index (χ3n) is 3.95. The van der Waals surface area contributed by atoms with E-state index in [0.29, 0.717) is 19.3 Å². The van der Waals surface area contributed by atoms with Crippen molar-refractivity contribution in [1.82, 2.24) is 10.2 Å². The molecule has 0 unspecified atom stereocenters. The average molecular weight is 308 g/mol. The van der Waals surface area contributed by atoms with Crippen molar-refractivity contribution in [3.05, 3.63) is 23.8 Å². The lowest BCUT2D eigenvalue weighted by atomic mass is 9.99. The molecule has 0 bridgehead atoms. The summed E-state index contributed by atoms with van der Waals surface area (Å²) in [5.74, 6) is 1.92. The fourth-order valence-electron chi connectivity index (χ4n) is 2.74. The Labute approximate surface area is 129 Å². The molecule has 2 aliphatic heterocycles. The molecule has 1 aromatic carbocycles. The maximum atomic E-state index is 9.27. The van der Waals surface area contributed by atoms with Crippen LogP contribution in [0.2, 0.25) is 0 Å². The molecule has 0 radical (unpaired) electrons. The van der Waals surface area contributed by atoms with Crippen LogP contribution in [0.3, 0.4) is 0 Å². The number of ether oxygens (including phenoxy) is 2. The Kier molecular flexibility index (Phi) is 4.45. The van der Waals surface area contributed by atoms with Crippen molar-refractivity contribution in [2.75, 3.05) is 26.5 Å². The number of hydrogen-bond donors (Lipinski definition) is 2. The van der Waals surface area contributed by atoms with Crippen LogP contribution in [-0.2, 0) is 6.54 Å². The van der Waals surface area contributed by atoms with Crippen molar-refractivity contribution < 1.29 is 14.6 Å². The molecule has 3 rings (SSSR count). The molecule has 0 spiro atoms. The molecule has 114 valence electrons. The van der Waals surface area contributed by atoms with Gasteiger partial charge in [-0.1, -0.05) is 6.07 Å². The zero-order valence-corrected chi connectivity index (χ0v) is 12.7. The number of nitrogens with zero attached hydrogens (tertiary/aromatic N) is 1. The summed E-state index contributed by atoms with van der Waals surface area (Å²) in [6.07, 6.45) is 2.16. The molecule has 2 aliphatic rings. The van der Waals surface area contributed by atoms with Crippen molar-refractivity contribution in [2.45, 2.75) is 19.4 Å². The summed E-state index contributed by atoms with van der Waals surface area (Å²) in [6.45, 7) is 2.99. The Morgan fingerprint density at radius 3 is 3.10 bits per heavy atom. The number of rotatable bonds is 3. The summed E-state index contributed by atoms with van der Waals surface area (Å²) in [7, 11) is 0. The predicted molar refractivity (Wildman–Crippen MR) is 83.4 cm³/mol. The summed E-state index contributed by atoms with van der Waals surface area (Å²) in [5, 5.41) is 13.3.